The molecule has 1 unspecified atom stereocenters. The molecule has 1 aliphatic rings. The van der Waals surface area contributed by atoms with Gasteiger partial charge in [0.1, 0.15) is 0 Å². The first-order valence-corrected chi connectivity index (χ1v) is 7.18. The second kappa shape index (κ2) is 5.89. The molecule has 0 bridgehead atoms. The molecule has 1 atom stereocenters. The largest absolute Gasteiger partial charge is 0.339 e. The van der Waals surface area contributed by atoms with Crippen molar-refractivity contribution in [2.45, 2.75) is 32.2 Å². The molecule has 1 aromatic carbocycles. The van der Waals surface area contributed by atoms with Crippen molar-refractivity contribution in [1.29, 1.82) is 0 Å². The van der Waals surface area contributed by atoms with Crippen LogP contribution in [0.3, 0.4) is 0 Å². The molecule has 1 aromatic heterocycles. The molecule has 112 valence electrons. The maximum absolute atomic E-state index is 13.2. The van der Waals surface area contributed by atoms with Crippen molar-refractivity contribution in [2.24, 2.45) is 5.92 Å². The van der Waals surface area contributed by atoms with E-state index in [0.29, 0.717) is 29.8 Å². The van der Waals surface area contributed by atoms with E-state index in [1.54, 1.807) is 0 Å². The van der Waals surface area contributed by atoms with Gasteiger partial charge in [-0.25, -0.2) is 8.78 Å². The highest BCUT2D eigenvalue weighted by atomic mass is 19.2. The van der Waals surface area contributed by atoms with E-state index in [0.717, 1.165) is 18.7 Å². The highest BCUT2D eigenvalue weighted by molar-refractivity contribution is 5.54. The smallest absolute Gasteiger partial charge is 0.228 e. The van der Waals surface area contributed by atoms with Crippen molar-refractivity contribution in [1.82, 2.24) is 15.5 Å². The number of aromatic nitrogens is 2. The molecule has 2 aromatic rings. The first kappa shape index (κ1) is 14.1. The van der Waals surface area contributed by atoms with Gasteiger partial charge >= 0.3 is 0 Å². The number of nitrogens with zero attached hydrogens (tertiary/aromatic N) is 2. The molecule has 1 saturated carbocycles. The maximum atomic E-state index is 13.2. The SMILES string of the molecule is CCNC(Cc1nc(-c2ccc(F)c(F)c2)no1)C1CC1. The van der Waals surface area contributed by atoms with Crippen molar-refractivity contribution >= 4 is 0 Å². The Morgan fingerprint density at radius 3 is 2.81 bits per heavy atom. The van der Waals surface area contributed by atoms with E-state index >= 15 is 0 Å². The molecular formula is C15H17F2N3O. The Morgan fingerprint density at radius 2 is 2.14 bits per heavy atom. The third kappa shape index (κ3) is 3.26. The summed E-state index contributed by atoms with van der Waals surface area (Å²) in [5.41, 5.74) is 0.412. The fourth-order valence-corrected chi connectivity index (χ4v) is 2.44. The topological polar surface area (TPSA) is 51.0 Å². The van der Waals surface area contributed by atoms with Crippen LogP contribution in [-0.2, 0) is 6.42 Å². The number of nitrogens with one attached hydrogen (secondary N) is 1. The maximum Gasteiger partial charge on any atom is 0.228 e. The van der Waals surface area contributed by atoms with Gasteiger partial charge in [0.25, 0.3) is 0 Å². The zero-order valence-corrected chi connectivity index (χ0v) is 11.8. The first-order chi connectivity index (χ1) is 10.2. The van der Waals surface area contributed by atoms with Crippen LogP contribution in [0.4, 0.5) is 8.78 Å². The van der Waals surface area contributed by atoms with Gasteiger partial charge in [0, 0.05) is 18.0 Å². The van der Waals surface area contributed by atoms with Gasteiger partial charge in [-0.2, -0.15) is 4.98 Å². The molecule has 0 radical (unpaired) electrons. The average molecular weight is 293 g/mol. The van der Waals surface area contributed by atoms with Gasteiger partial charge in [-0.05, 0) is 43.5 Å². The summed E-state index contributed by atoms with van der Waals surface area (Å²) in [5, 5.41) is 7.27. The van der Waals surface area contributed by atoms with Gasteiger partial charge in [-0.1, -0.05) is 12.1 Å². The summed E-state index contributed by atoms with van der Waals surface area (Å²) < 4.78 is 31.4. The van der Waals surface area contributed by atoms with Crippen molar-refractivity contribution in [3.05, 3.63) is 35.7 Å². The minimum atomic E-state index is -0.914. The van der Waals surface area contributed by atoms with Gasteiger partial charge in [0.2, 0.25) is 11.7 Å². The fourth-order valence-electron chi connectivity index (χ4n) is 2.44. The van der Waals surface area contributed by atoms with Crippen LogP contribution in [0.15, 0.2) is 22.7 Å². The second-order valence-corrected chi connectivity index (χ2v) is 5.35. The van der Waals surface area contributed by atoms with Crippen LogP contribution in [0.1, 0.15) is 25.7 Å². The summed E-state index contributed by atoms with van der Waals surface area (Å²) in [6, 6.07) is 3.92. The lowest BCUT2D eigenvalue weighted by Gasteiger charge is -2.14. The quantitative estimate of drug-likeness (QED) is 0.889. The third-order valence-electron chi connectivity index (χ3n) is 3.70. The lowest BCUT2D eigenvalue weighted by molar-refractivity contribution is 0.348. The zero-order valence-electron chi connectivity index (χ0n) is 11.8. The summed E-state index contributed by atoms with van der Waals surface area (Å²) in [5.74, 6) is -0.322. The Morgan fingerprint density at radius 1 is 1.33 bits per heavy atom. The fraction of sp³-hybridized carbons (Fsp3) is 0.467. The Hall–Kier alpha value is -1.82. The molecule has 4 nitrogen and oxygen atoms in total. The number of hydrogen-bond donors (Lipinski definition) is 1. The Labute approximate surface area is 121 Å². The molecule has 1 heterocycles. The minimum Gasteiger partial charge on any atom is -0.339 e. The van der Waals surface area contributed by atoms with Gasteiger partial charge in [-0.3, -0.25) is 0 Å². The predicted octanol–water partition coefficient (Wildman–Crippen LogP) is 2.95. The second-order valence-electron chi connectivity index (χ2n) is 5.35. The van der Waals surface area contributed by atoms with Gasteiger partial charge in [0.15, 0.2) is 11.6 Å². The summed E-state index contributed by atoms with van der Waals surface area (Å²) in [6.07, 6.45) is 3.11. The van der Waals surface area contributed by atoms with Gasteiger partial charge in [0.05, 0.1) is 0 Å². The highest BCUT2D eigenvalue weighted by Crippen LogP contribution is 2.34. The average Bonchev–Trinajstić information content (AvgIpc) is 3.21. The van der Waals surface area contributed by atoms with E-state index in [1.165, 1.54) is 18.9 Å². The highest BCUT2D eigenvalue weighted by Gasteiger charge is 2.32. The molecule has 3 rings (SSSR count). The van der Waals surface area contributed by atoms with Crippen LogP contribution in [0.5, 0.6) is 0 Å². The number of benzene rings is 1. The van der Waals surface area contributed by atoms with E-state index in [9.17, 15) is 8.78 Å². The van der Waals surface area contributed by atoms with E-state index < -0.39 is 11.6 Å². The predicted molar refractivity (Wildman–Crippen MR) is 73.5 cm³/mol. The molecule has 0 aliphatic heterocycles. The Bertz CT molecular complexity index is 625. The lowest BCUT2D eigenvalue weighted by atomic mass is 10.1. The lowest BCUT2D eigenvalue weighted by Crippen LogP contribution is -2.33. The van der Waals surface area contributed by atoms with Crippen molar-refractivity contribution in [2.75, 3.05) is 6.54 Å². The summed E-state index contributed by atoms with van der Waals surface area (Å²) in [7, 11) is 0. The Balaban J connectivity index is 1.74. The molecule has 0 amide bonds. The van der Waals surface area contributed by atoms with E-state index in [4.69, 9.17) is 4.52 Å². The van der Waals surface area contributed by atoms with Crippen molar-refractivity contribution in [3.63, 3.8) is 0 Å². The molecule has 21 heavy (non-hydrogen) atoms. The van der Waals surface area contributed by atoms with E-state index in [2.05, 4.69) is 22.4 Å². The summed E-state index contributed by atoms with van der Waals surface area (Å²) in [4.78, 5) is 4.28. The molecule has 1 aliphatic carbocycles. The van der Waals surface area contributed by atoms with E-state index in [-0.39, 0.29) is 5.82 Å². The van der Waals surface area contributed by atoms with Crippen LogP contribution < -0.4 is 5.32 Å². The number of rotatable bonds is 6. The summed E-state index contributed by atoms with van der Waals surface area (Å²) >= 11 is 0. The number of halogens is 2. The molecule has 1 N–H and O–H groups in total. The summed E-state index contributed by atoms with van der Waals surface area (Å²) in [6.45, 7) is 2.96. The molecule has 0 spiro atoms. The third-order valence-corrected chi connectivity index (χ3v) is 3.70. The number of likely N-dealkylation sites (N-methyl/N-ethyl adjacent to an activating group) is 1. The van der Waals surface area contributed by atoms with Crippen molar-refractivity contribution < 1.29 is 13.3 Å². The first-order valence-electron chi connectivity index (χ1n) is 7.18. The molecule has 6 heteroatoms. The molecule has 1 fully saturated rings. The van der Waals surface area contributed by atoms with Crippen LogP contribution in [0.2, 0.25) is 0 Å². The standard InChI is InChI=1S/C15H17F2N3O/c1-2-18-13(9-3-4-9)8-14-19-15(20-21-14)10-5-6-11(16)12(17)7-10/h5-7,9,13,18H,2-4,8H2,1H3. The van der Waals surface area contributed by atoms with Gasteiger partial charge < -0.3 is 9.84 Å². The zero-order chi connectivity index (χ0) is 14.8. The Kier molecular flexibility index (Phi) is 3.96. The minimum absolute atomic E-state index is 0.287. The molecular weight excluding hydrogens is 276 g/mol. The van der Waals surface area contributed by atoms with Crippen LogP contribution in [-0.4, -0.2) is 22.7 Å². The van der Waals surface area contributed by atoms with Crippen LogP contribution in [0.25, 0.3) is 11.4 Å². The number of hydrogen-bond acceptors (Lipinski definition) is 4. The van der Waals surface area contributed by atoms with Crippen LogP contribution >= 0.6 is 0 Å². The normalized spacial score (nSPS) is 16.1. The molecule has 0 saturated heterocycles. The van der Waals surface area contributed by atoms with Gasteiger partial charge in [-0.15, -0.1) is 0 Å². The monoisotopic (exact) mass is 293 g/mol. The van der Waals surface area contributed by atoms with Crippen molar-refractivity contribution in [3.8, 4) is 11.4 Å². The van der Waals surface area contributed by atoms with E-state index in [1.807, 2.05) is 0 Å². The van der Waals surface area contributed by atoms with Crippen LogP contribution in [0, 0.1) is 17.6 Å².